The van der Waals surface area contributed by atoms with E-state index >= 15 is 0 Å². The van der Waals surface area contributed by atoms with E-state index in [-0.39, 0.29) is 11.0 Å². The number of cyclic esters (lactones) is 1. The molecule has 2 aromatic rings. The monoisotopic (exact) mass is 368 g/mol. The summed E-state index contributed by atoms with van der Waals surface area (Å²) in [6, 6.07) is 21.1. The molecule has 0 N–H and O–H groups in total. The van der Waals surface area contributed by atoms with Crippen molar-refractivity contribution in [2.75, 3.05) is 6.61 Å². The number of benzene rings is 2. The largest absolute Gasteiger partial charge is 0.457 e. The molecule has 1 unspecified atom stereocenters. The highest BCUT2D eigenvalue weighted by Crippen LogP contribution is 2.38. The topological polar surface area (TPSA) is 35.5 Å². The summed E-state index contributed by atoms with van der Waals surface area (Å²) >= 11 is 0. The molecule has 0 amide bonds. The third kappa shape index (κ3) is 3.48. The average Bonchev–Trinajstić information content (AvgIpc) is 2.95. The number of carbonyl (C=O) groups is 1. The Morgan fingerprint density at radius 2 is 1.50 bits per heavy atom. The van der Waals surface area contributed by atoms with Crippen LogP contribution in [0.25, 0.3) is 0 Å². The van der Waals surface area contributed by atoms with Gasteiger partial charge in [0.1, 0.15) is 5.60 Å². The molecule has 0 aromatic heterocycles. The molecule has 26 heavy (non-hydrogen) atoms. The lowest BCUT2D eigenvalue weighted by atomic mass is 10.1. The standard InChI is InChI=1S/C22H28O3Si/c1-21(2,3)26(18-11-7-5-8-12-18,19-13-9-6-10-14-19)24-17-22(4)16-15-20(23)25-22/h5-14H,15-17H2,1-4H3. The quantitative estimate of drug-likeness (QED) is 0.597. The molecule has 4 heteroatoms. The third-order valence-electron chi connectivity index (χ3n) is 5.23. The molecule has 0 saturated carbocycles. The summed E-state index contributed by atoms with van der Waals surface area (Å²) < 4.78 is 12.5. The van der Waals surface area contributed by atoms with Crippen LogP contribution in [-0.2, 0) is 14.0 Å². The van der Waals surface area contributed by atoms with Gasteiger partial charge in [-0.25, -0.2) is 0 Å². The van der Waals surface area contributed by atoms with Crippen molar-refractivity contribution in [2.45, 2.75) is 51.2 Å². The van der Waals surface area contributed by atoms with Crippen molar-refractivity contribution in [1.82, 2.24) is 0 Å². The summed E-state index contributed by atoms with van der Waals surface area (Å²) in [5.41, 5.74) is -0.538. The predicted molar refractivity (Wildman–Crippen MR) is 107 cm³/mol. The highest BCUT2D eigenvalue weighted by molar-refractivity contribution is 6.99. The summed E-state index contributed by atoms with van der Waals surface area (Å²) in [6.07, 6.45) is 1.19. The number of rotatable bonds is 5. The molecule has 1 aliphatic heterocycles. The van der Waals surface area contributed by atoms with Crippen LogP contribution >= 0.6 is 0 Å². The van der Waals surface area contributed by atoms with Gasteiger partial charge in [-0.3, -0.25) is 4.79 Å². The van der Waals surface area contributed by atoms with Gasteiger partial charge in [0.05, 0.1) is 6.61 Å². The van der Waals surface area contributed by atoms with Crippen LogP contribution < -0.4 is 10.4 Å². The normalized spacial score (nSPS) is 20.8. The Morgan fingerprint density at radius 3 is 1.88 bits per heavy atom. The maximum Gasteiger partial charge on any atom is 0.306 e. The number of hydrogen-bond donors (Lipinski definition) is 0. The van der Waals surface area contributed by atoms with Gasteiger partial charge in [-0.05, 0) is 28.8 Å². The molecule has 0 radical (unpaired) electrons. The van der Waals surface area contributed by atoms with Gasteiger partial charge in [-0.1, -0.05) is 81.4 Å². The van der Waals surface area contributed by atoms with Crippen molar-refractivity contribution in [3.63, 3.8) is 0 Å². The lowest BCUT2D eigenvalue weighted by Gasteiger charge is -2.44. The molecular weight excluding hydrogens is 340 g/mol. The highest BCUT2D eigenvalue weighted by Gasteiger charge is 2.51. The Kier molecular flexibility index (Phi) is 5.09. The van der Waals surface area contributed by atoms with Crippen LogP contribution in [0.1, 0.15) is 40.5 Å². The van der Waals surface area contributed by atoms with E-state index in [1.54, 1.807) is 0 Å². The van der Waals surface area contributed by atoms with E-state index in [9.17, 15) is 4.79 Å². The lowest BCUT2D eigenvalue weighted by molar-refractivity contribution is -0.149. The SMILES string of the molecule is CC1(CO[Si](c2ccccc2)(c2ccccc2)C(C)(C)C)CCC(=O)O1. The summed E-state index contributed by atoms with van der Waals surface area (Å²) in [4.78, 5) is 11.7. The summed E-state index contributed by atoms with van der Waals surface area (Å²) in [6.45, 7) is 9.16. The Labute approximate surface area is 157 Å². The zero-order valence-corrected chi connectivity index (χ0v) is 17.1. The van der Waals surface area contributed by atoms with Gasteiger partial charge < -0.3 is 9.16 Å². The van der Waals surface area contributed by atoms with Crippen molar-refractivity contribution in [3.05, 3.63) is 60.7 Å². The fraction of sp³-hybridized carbons (Fsp3) is 0.409. The number of esters is 1. The molecule has 1 saturated heterocycles. The van der Waals surface area contributed by atoms with Crippen molar-refractivity contribution in [3.8, 4) is 0 Å². The van der Waals surface area contributed by atoms with E-state index in [0.29, 0.717) is 19.4 Å². The van der Waals surface area contributed by atoms with Crippen molar-refractivity contribution in [1.29, 1.82) is 0 Å². The van der Waals surface area contributed by atoms with E-state index in [2.05, 4.69) is 69.3 Å². The molecular formula is C22H28O3Si. The molecule has 1 atom stereocenters. The van der Waals surface area contributed by atoms with Gasteiger partial charge in [-0.2, -0.15) is 0 Å². The summed E-state index contributed by atoms with van der Waals surface area (Å²) in [7, 11) is -2.58. The third-order valence-corrected chi connectivity index (χ3v) is 10.2. The van der Waals surface area contributed by atoms with E-state index in [0.717, 1.165) is 0 Å². The second kappa shape index (κ2) is 7.01. The minimum Gasteiger partial charge on any atom is -0.457 e. The van der Waals surface area contributed by atoms with Crippen LogP contribution in [-0.4, -0.2) is 26.5 Å². The molecule has 1 fully saturated rings. The van der Waals surface area contributed by atoms with Crippen molar-refractivity contribution >= 4 is 24.7 Å². The predicted octanol–water partition coefficient (Wildman–Crippen LogP) is 3.66. The molecule has 0 bridgehead atoms. The molecule has 2 aromatic carbocycles. The Bertz CT molecular complexity index is 712. The smallest absolute Gasteiger partial charge is 0.306 e. The lowest BCUT2D eigenvalue weighted by Crippen LogP contribution is -2.67. The van der Waals surface area contributed by atoms with Crippen LogP contribution in [0.4, 0.5) is 0 Å². The molecule has 1 aliphatic rings. The van der Waals surface area contributed by atoms with Gasteiger partial charge in [-0.15, -0.1) is 0 Å². The van der Waals surface area contributed by atoms with E-state index in [4.69, 9.17) is 9.16 Å². The average molecular weight is 369 g/mol. The van der Waals surface area contributed by atoms with Gasteiger partial charge in [0, 0.05) is 6.42 Å². The fourth-order valence-corrected chi connectivity index (χ4v) is 8.54. The number of ether oxygens (including phenoxy) is 1. The summed E-state index contributed by atoms with van der Waals surface area (Å²) in [5, 5.41) is 2.41. The van der Waals surface area contributed by atoms with E-state index in [1.165, 1.54) is 10.4 Å². The Balaban J connectivity index is 2.07. The first-order valence-corrected chi connectivity index (χ1v) is 11.1. The van der Waals surface area contributed by atoms with Crippen LogP contribution in [0.3, 0.4) is 0 Å². The Morgan fingerprint density at radius 1 is 1.00 bits per heavy atom. The van der Waals surface area contributed by atoms with Crippen LogP contribution in [0, 0.1) is 0 Å². The second-order valence-electron chi connectivity index (χ2n) is 8.38. The van der Waals surface area contributed by atoms with Gasteiger partial charge in [0.15, 0.2) is 0 Å². The van der Waals surface area contributed by atoms with E-state index < -0.39 is 13.9 Å². The molecule has 138 valence electrons. The zero-order valence-electron chi connectivity index (χ0n) is 16.1. The molecule has 0 spiro atoms. The molecule has 3 rings (SSSR count). The minimum absolute atomic E-state index is 0.0747. The van der Waals surface area contributed by atoms with Gasteiger partial charge in [0.25, 0.3) is 8.32 Å². The van der Waals surface area contributed by atoms with Crippen molar-refractivity contribution < 1.29 is 14.0 Å². The highest BCUT2D eigenvalue weighted by atomic mass is 28.4. The van der Waals surface area contributed by atoms with Crippen LogP contribution in [0.2, 0.25) is 5.04 Å². The fourth-order valence-electron chi connectivity index (χ4n) is 3.87. The number of hydrogen-bond acceptors (Lipinski definition) is 3. The first-order valence-electron chi connectivity index (χ1n) is 9.24. The van der Waals surface area contributed by atoms with E-state index in [1.807, 2.05) is 19.1 Å². The number of carbonyl (C=O) groups excluding carboxylic acids is 1. The second-order valence-corrected chi connectivity index (χ2v) is 12.7. The van der Waals surface area contributed by atoms with Crippen molar-refractivity contribution in [2.24, 2.45) is 0 Å². The van der Waals surface area contributed by atoms with Crippen LogP contribution in [0.5, 0.6) is 0 Å². The molecule has 1 heterocycles. The summed E-state index contributed by atoms with van der Waals surface area (Å²) in [5.74, 6) is -0.126. The Hall–Kier alpha value is -1.91. The molecule has 0 aliphatic carbocycles. The zero-order chi connectivity index (χ0) is 18.8. The first-order chi connectivity index (χ1) is 12.3. The van der Waals surface area contributed by atoms with Gasteiger partial charge in [0.2, 0.25) is 0 Å². The maximum atomic E-state index is 11.7. The van der Waals surface area contributed by atoms with Crippen LogP contribution in [0.15, 0.2) is 60.7 Å². The maximum absolute atomic E-state index is 11.7. The first kappa shape index (κ1) is 18.9. The molecule has 3 nitrogen and oxygen atoms in total. The minimum atomic E-state index is -2.58. The van der Waals surface area contributed by atoms with Gasteiger partial charge >= 0.3 is 5.97 Å².